The van der Waals surface area contributed by atoms with Gasteiger partial charge in [0.25, 0.3) is 0 Å². The van der Waals surface area contributed by atoms with Crippen LogP contribution in [0.25, 0.3) is 0 Å². The molecule has 6 nitrogen and oxygen atoms in total. The smallest absolute Gasteiger partial charge is 0.130 e. The van der Waals surface area contributed by atoms with E-state index in [0.717, 1.165) is 54.5 Å². The summed E-state index contributed by atoms with van der Waals surface area (Å²) >= 11 is 5.92. The number of rotatable bonds is 9. The SMILES string of the molecule is COCc1ccc(OC)c(CN2CC[C@H](c3cc(COc4ccc(Cl)cc4)[nH]n3)C2)c1. The molecule has 1 aliphatic rings. The fourth-order valence-corrected chi connectivity index (χ4v) is 4.15. The van der Waals surface area contributed by atoms with Crippen molar-refractivity contribution in [3.05, 3.63) is 76.1 Å². The molecule has 2 heterocycles. The van der Waals surface area contributed by atoms with Crippen LogP contribution in [0.5, 0.6) is 11.5 Å². The van der Waals surface area contributed by atoms with Gasteiger partial charge in [0.1, 0.15) is 18.1 Å². The second-order valence-corrected chi connectivity index (χ2v) is 8.30. The van der Waals surface area contributed by atoms with Crippen molar-refractivity contribution in [3.63, 3.8) is 0 Å². The molecular weight excluding hydrogens is 414 g/mol. The van der Waals surface area contributed by atoms with Gasteiger partial charge in [-0.25, -0.2) is 0 Å². The van der Waals surface area contributed by atoms with E-state index in [-0.39, 0.29) is 0 Å². The highest BCUT2D eigenvalue weighted by Gasteiger charge is 2.26. The summed E-state index contributed by atoms with van der Waals surface area (Å²) < 4.78 is 16.7. The largest absolute Gasteiger partial charge is 0.496 e. The molecule has 0 aliphatic carbocycles. The van der Waals surface area contributed by atoms with Crippen LogP contribution in [0.15, 0.2) is 48.5 Å². The maximum Gasteiger partial charge on any atom is 0.130 e. The second kappa shape index (κ2) is 10.2. The van der Waals surface area contributed by atoms with Gasteiger partial charge in [0, 0.05) is 36.7 Å². The molecule has 1 fully saturated rings. The quantitative estimate of drug-likeness (QED) is 0.517. The molecule has 0 spiro atoms. The van der Waals surface area contributed by atoms with Crippen molar-refractivity contribution in [2.75, 3.05) is 27.3 Å². The fraction of sp³-hybridized carbons (Fsp3) is 0.375. The van der Waals surface area contributed by atoms with E-state index >= 15 is 0 Å². The van der Waals surface area contributed by atoms with Crippen molar-refractivity contribution < 1.29 is 14.2 Å². The van der Waals surface area contributed by atoms with Crippen LogP contribution in [0, 0.1) is 0 Å². The molecule has 4 rings (SSSR count). The van der Waals surface area contributed by atoms with E-state index in [9.17, 15) is 0 Å². The van der Waals surface area contributed by atoms with Crippen molar-refractivity contribution in [2.24, 2.45) is 0 Å². The lowest BCUT2D eigenvalue weighted by atomic mass is 10.1. The van der Waals surface area contributed by atoms with Gasteiger partial charge in [-0.1, -0.05) is 17.7 Å². The van der Waals surface area contributed by atoms with Crippen LogP contribution in [0.3, 0.4) is 0 Å². The fourth-order valence-electron chi connectivity index (χ4n) is 4.02. The Morgan fingerprint density at radius 3 is 2.71 bits per heavy atom. The summed E-state index contributed by atoms with van der Waals surface area (Å²) in [6.45, 7) is 3.92. The Hall–Kier alpha value is -2.54. The minimum Gasteiger partial charge on any atom is -0.496 e. The number of ether oxygens (including phenoxy) is 3. The number of hydrogen-bond acceptors (Lipinski definition) is 5. The topological polar surface area (TPSA) is 59.6 Å². The maximum atomic E-state index is 5.92. The molecule has 31 heavy (non-hydrogen) atoms. The molecule has 0 saturated carbocycles. The van der Waals surface area contributed by atoms with Gasteiger partial charge in [0.15, 0.2) is 0 Å². The Kier molecular flexibility index (Phi) is 7.12. The number of aromatic amines is 1. The van der Waals surface area contributed by atoms with Gasteiger partial charge in [-0.3, -0.25) is 10.00 Å². The van der Waals surface area contributed by atoms with Gasteiger partial charge in [-0.2, -0.15) is 5.10 Å². The summed E-state index contributed by atoms with van der Waals surface area (Å²) in [4.78, 5) is 2.46. The first-order valence-electron chi connectivity index (χ1n) is 10.4. The van der Waals surface area contributed by atoms with E-state index in [2.05, 4.69) is 33.3 Å². The zero-order valence-corrected chi connectivity index (χ0v) is 18.7. The summed E-state index contributed by atoms with van der Waals surface area (Å²) in [6.07, 6.45) is 1.09. The van der Waals surface area contributed by atoms with E-state index in [0.29, 0.717) is 24.2 Å². The van der Waals surface area contributed by atoms with E-state index < -0.39 is 0 Å². The molecule has 7 heteroatoms. The Morgan fingerprint density at radius 1 is 1.10 bits per heavy atom. The third-order valence-electron chi connectivity index (χ3n) is 5.60. The summed E-state index contributed by atoms with van der Waals surface area (Å²) in [5.74, 6) is 2.12. The van der Waals surface area contributed by atoms with Crippen molar-refractivity contribution in [1.82, 2.24) is 15.1 Å². The van der Waals surface area contributed by atoms with Crippen molar-refractivity contribution in [2.45, 2.75) is 32.1 Å². The molecule has 164 valence electrons. The number of benzene rings is 2. The Balaban J connectivity index is 1.34. The summed E-state index contributed by atoms with van der Waals surface area (Å²) in [7, 11) is 3.44. The van der Waals surface area contributed by atoms with Gasteiger partial charge in [-0.05, 0) is 61.0 Å². The van der Waals surface area contributed by atoms with Gasteiger partial charge >= 0.3 is 0 Å². The number of methoxy groups -OCH3 is 2. The Bertz CT molecular complexity index is 990. The summed E-state index contributed by atoms with van der Waals surface area (Å²) in [6, 6.07) is 15.7. The maximum absolute atomic E-state index is 5.92. The lowest BCUT2D eigenvalue weighted by molar-refractivity contribution is 0.184. The van der Waals surface area contributed by atoms with Gasteiger partial charge < -0.3 is 14.2 Å². The minimum atomic E-state index is 0.411. The predicted molar refractivity (Wildman–Crippen MR) is 121 cm³/mol. The highest BCUT2D eigenvalue weighted by Crippen LogP contribution is 2.30. The van der Waals surface area contributed by atoms with Crippen molar-refractivity contribution in [1.29, 1.82) is 0 Å². The van der Waals surface area contributed by atoms with Gasteiger partial charge in [0.05, 0.1) is 25.1 Å². The van der Waals surface area contributed by atoms with Crippen LogP contribution < -0.4 is 9.47 Å². The summed E-state index contributed by atoms with van der Waals surface area (Å²) in [5, 5.41) is 8.36. The zero-order chi connectivity index (χ0) is 21.6. The lowest BCUT2D eigenvalue weighted by Gasteiger charge is -2.18. The zero-order valence-electron chi connectivity index (χ0n) is 17.9. The number of hydrogen-bond donors (Lipinski definition) is 1. The molecule has 1 aromatic heterocycles. The van der Waals surface area contributed by atoms with Gasteiger partial charge in [0.2, 0.25) is 0 Å². The standard InChI is InChI=1S/C24H28ClN3O3/c1-29-15-17-3-8-24(30-2)19(11-17)14-28-10-9-18(13-28)23-12-21(26-27-23)16-31-22-6-4-20(25)5-7-22/h3-8,11-12,18H,9-10,13-16H2,1-2H3,(H,26,27)/t18-/m0/s1. The average molecular weight is 442 g/mol. The monoisotopic (exact) mass is 441 g/mol. The molecule has 3 aromatic rings. The van der Waals surface area contributed by atoms with Crippen LogP contribution in [-0.4, -0.2) is 42.4 Å². The van der Waals surface area contributed by atoms with Crippen LogP contribution in [0.1, 0.15) is 34.9 Å². The molecule has 0 unspecified atom stereocenters. The number of H-pyrrole nitrogens is 1. The number of nitrogens with zero attached hydrogens (tertiary/aromatic N) is 2. The van der Waals surface area contributed by atoms with E-state index in [1.807, 2.05) is 30.3 Å². The van der Waals surface area contributed by atoms with Gasteiger partial charge in [-0.15, -0.1) is 0 Å². The predicted octanol–water partition coefficient (Wildman–Crippen LogP) is 4.79. The first kappa shape index (κ1) is 21.7. The van der Waals surface area contributed by atoms with Crippen LogP contribution >= 0.6 is 11.6 Å². The third kappa shape index (κ3) is 5.58. The number of likely N-dealkylation sites (tertiary alicyclic amines) is 1. The third-order valence-corrected chi connectivity index (χ3v) is 5.85. The van der Waals surface area contributed by atoms with E-state index in [4.69, 9.17) is 25.8 Å². The second-order valence-electron chi connectivity index (χ2n) is 7.86. The molecule has 0 amide bonds. The summed E-state index contributed by atoms with van der Waals surface area (Å²) in [5.41, 5.74) is 4.41. The first-order chi connectivity index (χ1) is 15.1. The molecule has 1 aliphatic heterocycles. The van der Waals surface area contributed by atoms with Crippen molar-refractivity contribution in [3.8, 4) is 11.5 Å². The number of nitrogens with one attached hydrogen (secondary N) is 1. The minimum absolute atomic E-state index is 0.411. The average Bonchev–Trinajstić information content (AvgIpc) is 3.43. The Labute approximate surface area is 188 Å². The highest BCUT2D eigenvalue weighted by molar-refractivity contribution is 6.30. The van der Waals surface area contributed by atoms with E-state index in [1.54, 1.807) is 14.2 Å². The normalized spacial score (nSPS) is 16.5. The lowest BCUT2D eigenvalue weighted by Crippen LogP contribution is -2.20. The van der Waals surface area contributed by atoms with E-state index in [1.165, 1.54) is 5.56 Å². The number of aromatic nitrogens is 2. The highest BCUT2D eigenvalue weighted by atomic mass is 35.5. The van der Waals surface area contributed by atoms with Crippen molar-refractivity contribution >= 4 is 11.6 Å². The molecule has 1 atom stereocenters. The van der Waals surface area contributed by atoms with Crippen LogP contribution in [0.4, 0.5) is 0 Å². The number of halogens is 1. The van der Waals surface area contributed by atoms with Crippen LogP contribution in [0.2, 0.25) is 5.02 Å². The molecular formula is C24H28ClN3O3. The molecule has 1 saturated heterocycles. The first-order valence-corrected chi connectivity index (χ1v) is 10.8. The molecule has 1 N–H and O–H groups in total. The molecule has 0 radical (unpaired) electrons. The molecule has 0 bridgehead atoms. The molecule has 2 aromatic carbocycles. The van der Waals surface area contributed by atoms with Crippen LogP contribution in [-0.2, 0) is 24.5 Å². The Morgan fingerprint density at radius 2 is 1.94 bits per heavy atom.